The predicted octanol–water partition coefficient (Wildman–Crippen LogP) is 4.01. The Hall–Kier alpha value is -1.25. The highest BCUT2D eigenvalue weighted by Gasteiger charge is 2.09. The molecule has 0 bridgehead atoms. The summed E-state index contributed by atoms with van der Waals surface area (Å²) in [6.07, 6.45) is 2.11. The predicted molar refractivity (Wildman–Crippen MR) is 76.8 cm³/mol. The van der Waals surface area contributed by atoms with Crippen molar-refractivity contribution in [3.8, 4) is 0 Å². The Balaban J connectivity index is 2.01. The van der Waals surface area contributed by atoms with Gasteiger partial charge in [-0.1, -0.05) is 29.8 Å². The van der Waals surface area contributed by atoms with E-state index < -0.39 is 0 Å². The maximum atomic E-state index is 6.19. The topological polar surface area (TPSA) is 17.0 Å². The SMILES string of the molecule is CCn1cccc1CNC(C)c1ccccc1Cl. The summed E-state index contributed by atoms with van der Waals surface area (Å²) >= 11 is 6.19. The molecule has 96 valence electrons. The van der Waals surface area contributed by atoms with E-state index in [0.29, 0.717) is 0 Å². The molecule has 0 aliphatic heterocycles. The number of nitrogens with zero attached hydrogens (tertiary/aromatic N) is 1. The summed E-state index contributed by atoms with van der Waals surface area (Å²) in [6.45, 7) is 6.15. The van der Waals surface area contributed by atoms with Crippen molar-refractivity contribution >= 4 is 11.6 Å². The maximum absolute atomic E-state index is 6.19. The zero-order valence-electron chi connectivity index (χ0n) is 10.9. The highest BCUT2D eigenvalue weighted by molar-refractivity contribution is 6.31. The third-order valence-corrected chi connectivity index (χ3v) is 3.57. The molecule has 1 unspecified atom stereocenters. The van der Waals surface area contributed by atoms with Gasteiger partial charge in [0, 0.05) is 36.0 Å². The molecule has 3 heteroatoms. The van der Waals surface area contributed by atoms with Crippen LogP contribution in [0, 0.1) is 0 Å². The molecule has 0 saturated heterocycles. The molecular formula is C15H19ClN2. The van der Waals surface area contributed by atoms with Crippen LogP contribution in [-0.2, 0) is 13.1 Å². The number of aryl methyl sites for hydroxylation is 1. The van der Waals surface area contributed by atoms with Gasteiger partial charge in [-0.25, -0.2) is 0 Å². The fraction of sp³-hybridized carbons (Fsp3) is 0.333. The van der Waals surface area contributed by atoms with Crippen molar-refractivity contribution in [3.63, 3.8) is 0 Å². The van der Waals surface area contributed by atoms with Gasteiger partial charge in [0.1, 0.15) is 0 Å². The Morgan fingerprint density at radius 3 is 2.72 bits per heavy atom. The molecule has 2 rings (SSSR count). The molecule has 1 aromatic heterocycles. The second-order valence-electron chi connectivity index (χ2n) is 4.41. The van der Waals surface area contributed by atoms with Crippen LogP contribution in [0.5, 0.6) is 0 Å². The van der Waals surface area contributed by atoms with Gasteiger partial charge in [-0.3, -0.25) is 0 Å². The van der Waals surface area contributed by atoms with Gasteiger partial charge in [-0.15, -0.1) is 0 Å². The van der Waals surface area contributed by atoms with E-state index in [-0.39, 0.29) is 6.04 Å². The lowest BCUT2D eigenvalue weighted by atomic mass is 10.1. The third kappa shape index (κ3) is 2.95. The number of aromatic nitrogens is 1. The summed E-state index contributed by atoms with van der Waals surface area (Å²) in [4.78, 5) is 0. The Morgan fingerprint density at radius 2 is 2.00 bits per heavy atom. The van der Waals surface area contributed by atoms with Gasteiger partial charge in [0.05, 0.1) is 0 Å². The van der Waals surface area contributed by atoms with Crippen LogP contribution in [0.25, 0.3) is 0 Å². The van der Waals surface area contributed by atoms with Crippen LogP contribution in [0.3, 0.4) is 0 Å². The number of rotatable bonds is 5. The molecule has 0 fully saturated rings. The van der Waals surface area contributed by atoms with Crippen LogP contribution in [0.15, 0.2) is 42.6 Å². The van der Waals surface area contributed by atoms with E-state index in [0.717, 1.165) is 23.7 Å². The Bertz CT molecular complexity index is 505. The Labute approximate surface area is 114 Å². The smallest absolute Gasteiger partial charge is 0.0453 e. The molecular weight excluding hydrogens is 244 g/mol. The van der Waals surface area contributed by atoms with Crippen molar-refractivity contribution in [2.24, 2.45) is 0 Å². The summed E-state index contributed by atoms with van der Waals surface area (Å²) in [5.41, 5.74) is 2.45. The second kappa shape index (κ2) is 6.07. The average Bonchev–Trinajstić information content (AvgIpc) is 2.84. The van der Waals surface area contributed by atoms with Crippen LogP contribution in [0.2, 0.25) is 5.02 Å². The van der Waals surface area contributed by atoms with Gasteiger partial charge in [0.15, 0.2) is 0 Å². The lowest BCUT2D eigenvalue weighted by Gasteiger charge is -2.16. The summed E-state index contributed by atoms with van der Waals surface area (Å²) in [5.74, 6) is 0. The number of hydrogen-bond donors (Lipinski definition) is 1. The molecule has 1 heterocycles. The fourth-order valence-electron chi connectivity index (χ4n) is 2.11. The fourth-order valence-corrected chi connectivity index (χ4v) is 2.41. The van der Waals surface area contributed by atoms with Crippen molar-refractivity contribution in [2.45, 2.75) is 33.0 Å². The molecule has 0 saturated carbocycles. The van der Waals surface area contributed by atoms with Crippen LogP contribution in [0.1, 0.15) is 31.1 Å². The van der Waals surface area contributed by atoms with Crippen LogP contribution < -0.4 is 5.32 Å². The second-order valence-corrected chi connectivity index (χ2v) is 4.82. The van der Waals surface area contributed by atoms with Crippen molar-refractivity contribution in [1.29, 1.82) is 0 Å². The average molecular weight is 263 g/mol. The highest BCUT2D eigenvalue weighted by atomic mass is 35.5. The number of benzene rings is 1. The largest absolute Gasteiger partial charge is 0.351 e. The molecule has 1 aromatic carbocycles. The first-order valence-corrected chi connectivity index (χ1v) is 6.72. The van der Waals surface area contributed by atoms with E-state index in [1.165, 1.54) is 5.69 Å². The van der Waals surface area contributed by atoms with Crippen LogP contribution in [-0.4, -0.2) is 4.57 Å². The van der Waals surface area contributed by atoms with Crippen LogP contribution >= 0.6 is 11.6 Å². The normalized spacial score (nSPS) is 12.6. The van der Waals surface area contributed by atoms with Crippen molar-refractivity contribution < 1.29 is 0 Å². The van der Waals surface area contributed by atoms with Gasteiger partial charge in [-0.05, 0) is 37.6 Å². The minimum atomic E-state index is 0.249. The first-order chi connectivity index (χ1) is 8.72. The van der Waals surface area contributed by atoms with Gasteiger partial charge < -0.3 is 9.88 Å². The lowest BCUT2D eigenvalue weighted by molar-refractivity contribution is 0.550. The molecule has 1 N–H and O–H groups in total. The minimum Gasteiger partial charge on any atom is -0.351 e. The van der Waals surface area contributed by atoms with Crippen molar-refractivity contribution in [1.82, 2.24) is 9.88 Å². The Morgan fingerprint density at radius 1 is 1.22 bits per heavy atom. The van der Waals surface area contributed by atoms with Gasteiger partial charge in [-0.2, -0.15) is 0 Å². The van der Waals surface area contributed by atoms with E-state index >= 15 is 0 Å². The van der Waals surface area contributed by atoms with Gasteiger partial charge in [0.2, 0.25) is 0 Å². The molecule has 2 nitrogen and oxygen atoms in total. The minimum absolute atomic E-state index is 0.249. The molecule has 18 heavy (non-hydrogen) atoms. The first-order valence-electron chi connectivity index (χ1n) is 6.34. The number of nitrogens with one attached hydrogen (secondary N) is 1. The summed E-state index contributed by atoms with van der Waals surface area (Å²) < 4.78 is 2.24. The molecule has 0 aliphatic rings. The quantitative estimate of drug-likeness (QED) is 0.861. The molecule has 2 aromatic rings. The molecule has 0 radical (unpaired) electrons. The molecule has 0 aliphatic carbocycles. The maximum Gasteiger partial charge on any atom is 0.0453 e. The lowest BCUT2D eigenvalue weighted by Crippen LogP contribution is -2.20. The number of halogens is 1. The zero-order valence-corrected chi connectivity index (χ0v) is 11.6. The summed E-state index contributed by atoms with van der Waals surface area (Å²) in [7, 11) is 0. The van der Waals surface area contributed by atoms with E-state index in [4.69, 9.17) is 11.6 Å². The highest BCUT2D eigenvalue weighted by Crippen LogP contribution is 2.22. The standard InChI is InChI=1S/C15H19ClN2/c1-3-18-10-6-7-13(18)11-17-12(2)14-8-4-5-9-15(14)16/h4-10,12,17H,3,11H2,1-2H3. The van der Waals surface area contributed by atoms with E-state index in [9.17, 15) is 0 Å². The first kappa shape index (κ1) is 13.2. The van der Waals surface area contributed by atoms with Gasteiger partial charge in [0.25, 0.3) is 0 Å². The monoisotopic (exact) mass is 262 g/mol. The number of hydrogen-bond acceptors (Lipinski definition) is 1. The van der Waals surface area contributed by atoms with Crippen molar-refractivity contribution in [2.75, 3.05) is 0 Å². The van der Waals surface area contributed by atoms with Crippen LogP contribution in [0.4, 0.5) is 0 Å². The third-order valence-electron chi connectivity index (χ3n) is 3.23. The molecule has 0 spiro atoms. The van der Waals surface area contributed by atoms with E-state index in [1.807, 2.05) is 18.2 Å². The summed E-state index contributed by atoms with van der Waals surface area (Å²) in [5, 5.41) is 4.33. The zero-order chi connectivity index (χ0) is 13.0. The van der Waals surface area contributed by atoms with Crippen molar-refractivity contribution in [3.05, 3.63) is 58.9 Å². The van der Waals surface area contributed by atoms with E-state index in [1.54, 1.807) is 0 Å². The Kier molecular flexibility index (Phi) is 4.45. The summed E-state index contributed by atoms with van der Waals surface area (Å²) in [6, 6.07) is 12.5. The molecule has 0 amide bonds. The van der Waals surface area contributed by atoms with E-state index in [2.05, 4.69) is 48.1 Å². The molecule has 1 atom stereocenters. The van der Waals surface area contributed by atoms with Gasteiger partial charge >= 0.3 is 0 Å².